The lowest BCUT2D eigenvalue weighted by Crippen LogP contribution is -2.01. The molecule has 1 atom stereocenters. The molecule has 1 heterocycles. The monoisotopic (exact) mass is 282 g/mol. The van der Waals surface area contributed by atoms with Crippen molar-refractivity contribution in [3.8, 4) is 11.4 Å². The van der Waals surface area contributed by atoms with Crippen LogP contribution in [0.3, 0.4) is 0 Å². The molecule has 0 amide bonds. The number of halogens is 2. The van der Waals surface area contributed by atoms with Crippen LogP contribution in [-0.4, -0.2) is 15.1 Å². The molecule has 1 N–H and O–H groups in total. The van der Waals surface area contributed by atoms with Crippen LogP contribution in [0.1, 0.15) is 24.3 Å². The van der Waals surface area contributed by atoms with Gasteiger partial charge in [-0.3, -0.25) is 0 Å². The molecule has 2 rings (SSSR count). The van der Waals surface area contributed by atoms with Gasteiger partial charge in [-0.2, -0.15) is 0 Å². The first kappa shape index (κ1) is 13.3. The van der Waals surface area contributed by atoms with Gasteiger partial charge in [0.25, 0.3) is 0 Å². The van der Waals surface area contributed by atoms with Crippen molar-refractivity contribution in [1.82, 2.24) is 9.97 Å². The van der Waals surface area contributed by atoms with Crippen molar-refractivity contribution < 1.29 is 5.11 Å². The fourth-order valence-electron chi connectivity index (χ4n) is 1.66. The highest BCUT2D eigenvalue weighted by atomic mass is 35.5. The molecule has 3 nitrogen and oxygen atoms in total. The number of benzene rings is 1. The van der Waals surface area contributed by atoms with Crippen molar-refractivity contribution in [2.75, 3.05) is 0 Å². The Morgan fingerprint density at radius 3 is 2.50 bits per heavy atom. The smallest absolute Gasteiger partial charge is 0.159 e. The van der Waals surface area contributed by atoms with Crippen molar-refractivity contribution in [1.29, 1.82) is 0 Å². The summed E-state index contributed by atoms with van der Waals surface area (Å²) in [5.41, 5.74) is 2.27. The Bertz CT molecular complexity index is 585. The molecule has 0 radical (unpaired) electrons. The summed E-state index contributed by atoms with van der Waals surface area (Å²) in [6, 6.07) is 5.24. The van der Waals surface area contributed by atoms with Crippen molar-refractivity contribution in [3.63, 3.8) is 0 Å². The van der Waals surface area contributed by atoms with Crippen LogP contribution in [0.2, 0.25) is 10.0 Å². The minimum Gasteiger partial charge on any atom is -0.389 e. The summed E-state index contributed by atoms with van der Waals surface area (Å²) in [7, 11) is 0. The topological polar surface area (TPSA) is 46.0 Å². The summed E-state index contributed by atoms with van der Waals surface area (Å²) in [6.45, 7) is 3.52. The molecule has 0 aliphatic heterocycles. The molecule has 1 aromatic carbocycles. The van der Waals surface area contributed by atoms with E-state index in [9.17, 15) is 5.11 Å². The molecule has 0 saturated heterocycles. The summed E-state index contributed by atoms with van der Waals surface area (Å²) in [5.74, 6) is 0.565. The van der Waals surface area contributed by atoms with Crippen molar-refractivity contribution in [2.45, 2.75) is 20.0 Å². The van der Waals surface area contributed by atoms with Gasteiger partial charge < -0.3 is 5.11 Å². The van der Waals surface area contributed by atoms with E-state index in [0.29, 0.717) is 15.9 Å². The van der Waals surface area contributed by atoms with Gasteiger partial charge >= 0.3 is 0 Å². The first-order valence-electron chi connectivity index (χ1n) is 5.46. The van der Waals surface area contributed by atoms with Crippen LogP contribution in [-0.2, 0) is 0 Å². The quantitative estimate of drug-likeness (QED) is 0.911. The molecule has 0 aliphatic rings. The molecule has 0 saturated carbocycles. The predicted octanol–water partition coefficient (Wildman–Crippen LogP) is 3.81. The highest BCUT2D eigenvalue weighted by Gasteiger charge is 2.10. The predicted molar refractivity (Wildman–Crippen MR) is 72.9 cm³/mol. The second-order valence-corrected chi connectivity index (χ2v) is 4.85. The Hall–Kier alpha value is -1.16. The van der Waals surface area contributed by atoms with Crippen LogP contribution < -0.4 is 0 Å². The third kappa shape index (κ3) is 2.64. The van der Waals surface area contributed by atoms with Gasteiger partial charge in [-0.25, -0.2) is 9.97 Å². The molecule has 0 fully saturated rings. The van der Waals surface area contributed by atoms with E-state index in [1.807, 2.05) is 13.0 Å². The Kier molecular flexibility index (Phi) is 3.85. The molecule has 0 aliphatic carbocycles. The van der Waals surface area contributed by atoms with Gasteiger partial charge in [0, 0.05) is 23.0 Å². The Labute approximate surface area is 115 Å². The number of rotatable bonds is 2. The third-order valence-electron chi connectivity index (χ3n) is 2.65. The molecular weight excluding hydrogens is 271 g/mol. The number of hydrogen-bond acceptors (Lipinski definition) is 3. The minimum absolute atomic E-state index is 0.468. The number of aliphatic hydroxyl groups is 1. The SMILES string of the molecule is Cc1nc(-c2ccc(Cl)c(Cl)c2)ncc1[C@H](C)O. The number of hydrogen-bond donors (Lipinski definition) is 1. The summed E-state index contributed by atoms with van der Waals surface area (Å²) in [4.78, 5) is 8.59. The maximum atomic E-state index is 9.53. The van der Waals surface area contributed by atoms with Crippen LogP contribution in [0.25, 0.3) is 11.4 Å². The molecule has 5 heteroatoms. The van der Waals surface area contributed by atoms with Gasteiger partial charge in [-0.1, -0.05) is 23.2 Å². The fraction of sp³-hybridized carbons (Fsp3) is 0.231. The van der Waals surface area contributed by atoms with E-state index in [1.165, 1.54) is 0 Å². The Balaban J connectivity index is 2.45. The highest BCUT2D eigenvalue weighted by Crippen LogP contribution is 2.27. The molecular formula is C13H12Cl2N2O. The zero-order chi connectivity index (χ0) is 13.3. The first-order chi connectivity index (χ1) is 8.49. The number of aliphatic hydroxyl groups excluding tert-OH is 1. The van der Waals surface area contributed by atoms with E-state index < -0.39 is 6.10 Å². The van der Waals surface area contributed by atoms with Gasteiger partial charge in [-0.15, -0.1) is 0 Å². The maximum absolute atomic E-state index is 9.53. The number of aromatic nitrogens is 2. The highest BCUT2D eigenvalue weighted by molar-refractivity contribution is 6.42. The Morgan fingerprint density at radius 2 is 1.94 bits per heavy atom. The zero-order valence-corrected chi connectivity index (χ0v) is 11.5. The molecule has 94 valence electrons. The average Bonchev–Trinajstić information content (AvgIpc) is 2.32. The molecule has 0 unspecified atom stereocenters. The van der Waals surface area contributed by atoms with Crippen molar-refractivity contribution >= 4 is 23.2 Å². The number of aryl methyl sites for hydroxylation is 1. The molecule has 1 aromatic heterocycles. The third-order valence-corrected chi connectivity index (χ3v) is 3.38. The zero-order valence-electron chi connectivity index (χ0n) is 9.98. The lowest BCUT2D eigenvalue weighted by molar-refractivity contribution is 0.197. The summed E-state index contributed by atoms with van der Waals surface area (Å²) >= 11 is 11.8. The van der Waals surface area contributed by atoms with Gasteiger partial charge in [0.15, 0.2) is 5.82 Å². The summed E-state index contributed by atoms with van der Waals surface area (Å²) in [5, 5.41) is 10.5. The lowest BCUT2D eigenvalue weighted by Gasteiger charge is -2.09. The second-order valence-electron chi connectivity index (χ2n) is 4.04. The molecule has 0 bridgehead atoms. The fourth-order valence-corrected chi connectivity index (χ4v) is 1.96. The Morgan fingerprint density at radius 1 is 1.22 bits per heavy atom. The van der Waals surface area contributed by atoms with Crippen LogP contribution >= 0.6 is 23.2 Å². The minimum atomic E-state index is -0.576. The van der Waals surface area contributed by atoms with Crippen LogP contribution in [0, 0.1) is 6.92 Å². The van der Waals surface area contributed by atoms with E-state index in [0.717, 1.165) is 16.8 Å². The van der Waals surface area contributed by atoms with E-state index in [2.05, 4.69) is 9.97 Å². The standard InChI is InChI=1S/C13H12Cl2N2O/c1-7-10(8(2)18)6-16-13(17-7)9-3-4-11(14)12(15)5-9/h3-6,8,18H,1-2H3/t8-/m0/s1. The van der Waals surface area contributed by atoms with Gasteiger partial charge in [0.1, 0.15) is 0 Å². The van der Waals surface area contributed by atoms with Crippen LogP contribution in [0.5, 0.6) is 0 Å². The van der Waals surface area contributed by atoms with E-state index in [-0.39, 0.29) is 0 Å². The van der Waals surface area contributed by atoms with Crippen LogP contribution in [0.15, 0.2) is 24.4 Å². The van der Waals surface area contributed by atoms with Gasteiger partial charge in [0.2, 0.25) is 0 Å². The first-order valence-corrected chi connectivity index (χ1v) is 6.21. The van der Waals surface area contributed by atoms with Gasteiger partial charge in [-0.05, 0) is 32.0 Å². The lowest BCUT2D eigenvalue weighted by atomic mass is 10.1. The average molecular weight is 283 g/mol. The maximum Gasteiger partial charge on any atom is 0.159 e. The van der Waals surface area contributed by atoms with Gasteiger partial charge in [0.05, 0.1) is 16.1 Å². The summed E-state index contributed by atoms with van der Waals surface area (Å²) < 4.78 is 0. The van der Waals surface area contributed by atoms with Crippen molar-refractivity contribution in [3.05, 3.63) is 45.7 Å². The largest absolute Gasteiger partial charge is 0.389 e. The second kappa shape index (κ2) is 5.22. The normalized spacial score (nSPS) is 12.5. The van der Waals surface area contributed by atoms with E-state index in [4.69, 9.17) is 23.2 Å². The van der Waals surface area contributed by atoms with E-state index >= 15 is 0 Å². The molecule has 2 aromatic rings. The number of nitrogens with zero attached hydrogens (tertiary/aromatic N) is 2. The van der Waals surface area contributed by atoms with Crippen molar-refractivity contribution in [2.24, 2.45) is 0 Å². The molecule has 0 spiro atoms. The van der Waals surface area contributed by atoms with E-state index in [1.54, 1.807) is 25.3 Å². The molecule has 18 heavy (non-hydrogen) atoms. The summed E-state index contributed by atoms with van der Waals surface area (Å²) in [6.07, 6.45) is 1.05. The van der Waals surface area contributed by atoms with Crippen LogP contribution in [0.4, 0.5) is 0 Å².